The first-order valence-electron chi connectivity index (χ1n) is 11.1. The third-order valence-electron chi connectivity index (χ3n) is 6.49. The van der Waals surface area contributed by atoms with Gasteiger partial charge in [-0.1, -0.05) is 6.07 Å². The van der Waals surface area contributed by atoms with Crippen molar-refractivity contribution >= 4 is 10.0 Å². The highest BCUT2D eigenvalue weighted by molar-refractivity contribution is 7.89. The van der Waals surface area contributed by atoms with Gasteiger partial charge >= 0.3 is 6.18 Å². The second-order valence-corrected chi connectivity index (χ2v) is 10.9. The first-order chi connectivity index (χ1) is 15.7. The highest BCUT2D eigenvalue weighted by Gasteiger charge is 2.40. The average molecular weight is 483 g/mol. The smallest absolute Gasteiger partial charge is 0.416 e. The van der Waals surface area contributed by atoms with Gasteiger partial charge in [-0.05, 0) is 44.0 Å². The van der Waals surface area contributed by atoms with E-state index in [0.29, 0.717) is 43.8 Å². The van der Waals surface area contributed by atoms with E-state index in [-0.39, 0.29) is 30.1 Å². The van der Waals surface area contributed by atoms with E-state index >= 15 is 0 Å². The summed E-state index contributed by atoms with van der Waals surface area (Å²) in [5.41, 5.74) is 0.0151. The lowest BCUT2D eigenvalue weighted by Crippen LogP contribution is -2.39. The molecule has 2 aliphatic heterocycles. The van der Waals surface area contributed by atoms with E-state index in [4.69, 9.17) is 4.74 Å². The SMILES string of the molecule is O=S(=O)(c1cccc(C(F)(F)F)c1)N1CCCN2CC(Oc3cnc(C4CC4)cn3)CC2C1. The molecule has 0 N–H and O–H groups in total. The summed E-state index contributed by atoms with van der Waals surface area (Å²) in [6, 6.07) is 3.87. The van der Waals surface area contributed by atoms with Crippen LogP contribution in [-0.4, -0.2) is 65.9 Å². The molecule has 0 bridgehead atoms. The van der Waals surface area contributed by atoms with Crippen molar-refractivity contribution in [3.8, 4) is 5.88 Å². The van der Waals surface area contributed by atoms with Crippen LogP contribution in [0.15, 0.2) is 41.6 Å². The first kappa shape index (κ1) is 22.5. The molecule has 178 valence electrons. The summed E-state index contributed by atoms with van der Waals surface area (Å²) >= 11 is 0. The van der Waals surface area contributed by atoms with Crippen LogP contribution in [0.2, 0.25) is 0 Å². The van der Waals surface area contributed by atoms with Crippen LogP contribution in [0, 0.1) is 0 Å². The van der Waals surface area contributed by atoms with E-state index in [1.807, 2.05) is 0 Å². The first-order valence-corrected chi connectivity index (χ1v) is 12.5. The standard InChI is InChI=1S/C22H25F3N4O3S/c23-22(24,25)16-3-1-4-19(9-16)33(30,31)29-8-2-7-28-14-18(10-17(28)13-29)32-21-12-26-20(11-27-21)15-5-6-15/h1,3-4,9,11-12,15,17-18H,2,5-8,10,13-14H2. The van der Waals surface area contributed by atoms with Crippen LogP contribution in [0.5, 0.6) is 5.88 Å². The van der Waals surface area contributed by atoms with Gasteiger partial charge in [0.25, 0.3) is 0 Å². The highest BCUT2D eigenvalue weighted by atomic mass is 32.2. The van der Waals surface area contributed by atoms with Crippen LogP contribution in [-0.2, 0) is 16.2 Å². The van der Waals surface area contributed by atoms with Crippen LogP contribution in [0.1, 0.15) is 42.9 Å². The molecule has 11 heteroatoms. The second kappa shape index (κ2) is 8.52. The minimum atomic E-state index is -4.60. The summed E-state index contributed by atoms with van der Waals surface area (Å²) in [5.74, 6) is 0.969. The Bertz CT molecular complexity index is 1110. The molecule has 0 spiro atoms. The fourth-order valence-corrected chi connectivity index (χ4v) is 6.17. The Morgan fingerprint density at radius 1 is 1.06 bits per heavy atom. The normalized spacial score (nSPS) is 24.9. The number of fused-ring (bicyclic) bond motifs is 1. The molecule has 1 aromatic carbocycles. The molecule has 2 atom stereocenters. The summed E-state index contributed by atoms with van der Waals surface area (Å²) in [5, 5.41) is 0. The van der Waals surface area contributed by atoms with Gasteiger partial charge in [-0.15, -0.1) is 0 Å². The predicted molar refractivity (Wildman–Crippen MR) is 113 cm³/mol. The van der Waals surface area contributed by atoms with Crippen LogP contribution in [0.3, 0.4) is 0 Å². The fraction of sp³-hybridized carbons (Fsp3) is 0.545. The van der Waals surface area contributed by atoms with Crippen molar-refractivity contribution in [2.45, 2.75) is 54.8 Å². The number of rotatable bonds is 5. The van der Waals surface area contributed by atoms with E-state index < -0.39 is 21.8 Å². The molecule has 2 aromatic rings. The summed E-state index contributed by atoms with van der Waals surface area (Å²) in [4.78, 5) is 10.6. The number of halogens is 3. The Balaban J connectivity index is 1.27. The maximum Gasteiger partial charge on any atom is 0.416 e. The van der Waals surface area contributed by atoms with Gasteiger partial charge in [-0.3, -0.25) is 9.88 Å². The van der Waals surface area contributed by atoms with Crippen molar-refractivity contribution in [1.82, 2.24) is 19.2 Å². The molecule has 1 saturated carbocycles. The molecular formula is C22H25F3N4O3S. The monoisotopic (exact) mass is 482 g/mol. The Hall–Kier alpha value is -2.24. The molecule has 3 heterocycles. The molecule has 0 radical (unpaired) electrons. The zero-order valence-corrected chi connectivity index (χ0v) is 18.7. The van der Waals surface area contributed by atoms with Gasteiger partial charge in [0, 0.05) is 38.0 Å². The molecule has 3 fully saturated rings. The van der Waals surface area contributed by atoms with E-state index in [1.165, 1.54) is 10.4 Å². The maximum atomic E-state index is 13.2. The van der Waals surface area contributed by atoms with Crippen molar-refractivity contribution in [1.29, 1.82) is 0 Å². The summed E-state index contributed by atoms with van der Waals surface area (Å²) < 4.78 is 72.9. The molecule has 3 aliphatic rings. The number of aromatic nitrogens is 2. The summed E-state index contributed by atoms with van der Waals surface area (Å²) in [6.07, 6.45) is 2.15. The van der Waals surface area contributed by atoms with Gasteiger partial charge < -0.3 is 4.74 Å². The Morgan fingerprint density at radius 3 is 2.58 bits per heavy atom. The molecule has 1 aliphatic carbocycles. The predicted octanol–water partition coefficient (Wildman–Crippen LogP) is 3.29. The summed E-state index contributed by atoms with van der Waals surface area (Å²) in [7, 11) is -4.05. The van der Waals surface area contributed by atoms with Crippen LogP contribution >= 0.6 is 0 Å². The quantitative estimate of drug-likeness (QED) is 0.651. The van der Waals surface area contributed by atoms with E-state index in [9.17, 15) is 21.6 Å². The average Bonchev–Trinajstić information content (AvgIpc) is 3.59. The number of hydrogen-bond acceptors (Lipinski definition) is 6. The molecule has 33 heavy (non-hydrogen) atoms. The van der Waals surface area contributed by atoms with Gasteiger partial charge in [-0.2, -0.15) is 17.5 Å². The molecule has 7 nitrogen and oxygen atoms in total. The van der Waals surface area contributed by atoms with Crippen molar-refractivity contribution in [2.75, 3.05) is 26.2 Å². The lowest BCUT2D eigenvalue weighted by atomic mass is 10.2. The molecule has 2 unspecified atom stereocenters. The third kappa shape index (κ3) is 4.85. The fourth-order valence-electron chi connectivity index (χ4n) is 4.61. The zero-order valence-electron chi connectivity index (χ0n) is 17.9. The lowest BCUT2D eigenvalue weighted by Gasteiger charge is -2.25. The van der Waals surface area contributed by atoms with E-state index in [1.54, 1.807) is 12.4 Å². The number of sulfonamides is 1. The van der Waals surface area contributed by atoms with Crippen LogP contribution < -0.4 is 4.74 Å². The zero-order chi connectivity index (χ0) is 23.2. The second-order valence-electron chi connectivity index (χ2n) is 8.92. The topological polar surface area (TPSA) is 75.6 Å². The van der Waals surface area contributed by atoms with Crippen LogP contribution in [0.4, 0.5) is 13.2 Å². The van der Waals surface area contributed by atoms with Crippen molar-refractivity contribution in [3.63, 3.8) is 0 Å². The van der Waals surface area contributed by atoms with Crippen LogP contribution in [0.25, 0.3) is 0 Å². The summed E-state index contributed by atoms with van der Waals surface area (Å²) in [6.45, 7) is 1.83. The third-order valence-corrected chi connectivity index (χ3v) is 8.35. The number of alkyl halides is 3. The number of benzene rings is 1. The molecule has 5 rings (SSSR count). The highest BCUT2D eigenvalue weighted by Crippen LogP contribution is 2.39. The Morgan fingerprint density at radius 2 is 1.88 bits per heavy atom. The molecule has 1 aromatic heterocycles. The van der Waals surface area contributed by atoms with Crippen molar-refractivity contribution in [3.05, 3.63) is 47.9 Å². The number of ether oxygens (including phenoxy) is 1. The minimum absolute atomic E-state index is 0.0724. The minimum Gasteiger partial charge on any atom is -0.472 e. The Kier molecular flexibility index (Phi) is 5.82. The molecule has 2 saturated heterocycles. The van der Waals surface area contributed by atoms with Gasteiger partial charge in [-0.25, -0.2) is 13.4 Å². The van der Waals surface area contributed by atoms with Crippen molar-refractivity contribution in [2.24, 2.45) is 0 Å². The van der Waals surface area contributed by atoms with Gasteiger partial charge in [0.2, 0.25) is 15.9 Å². The van der Waals surface area contributed by atoms with Crippen molar-refractivity contribution < 1.29 is 26.3 Å². The largest absolute Gasteiger partial charge is 0.472 e. The van der Waals surface area contributed by atoms with E-state index in [0.717, 1.165) is 30.7 Å². The number of nitrogens with zero attached hydrogens (tertiary/aromatic N) is 4. The van der Waals surface area contributed by atoms with Gasteiger partial charge in [0.05, 0.1) is 28.5 Å². The Labute approximate surface area is 190 Å². The maximum absolute atomic E-state index is 13.2. The molecular weight excluding hydrogens is 457 g/mol. The lowest BCUT2D eigenvalue weighted by molar-refractivity contribution is -0.137. The van der Waals surface area contributed by atoms with E-state index in [2.05, 4.69) is 14.9 Å². The van der Waals surface area contributed by atoms with Gasteiger partial charge in [0.15, 0.2) is 0 Å². The molecule has 0 amide bonds. The number of hydrogen-bond donors (Lipinski definition) is 0. The van der Waals surface area contributed by atoms with Gasteiger partial charge in [0.1, 0.15) is 6.10 Å².